The van der Waals surface area contributed by atoms with Crippen molar-refractivity contribution in [2.24, 2.45) is 0 Å². The van der Waals surface area contributed by atoms with E-state index < -0.39 is 5.97 Å². The van der Waals surface area contributed by atoms with Crippen LogP contribution in [0.3, 0.4) is 0 Å². The van der Waals surface area contributed by atoms with Gasteiger partial charge in [-0.2, -0.15) is 0 Å². The van der Waals surface area contributed by atoms with Gasteiger partial charge < -0.3 is 20.2 Å². The first-order valence-electron chi connectivity index (χ1n) is 6.68. The lowest BCUT2D eigenvalue weighted by Crippen LogP contribution is -2.52. The van der Waals surface area contributed by atoms with Gasteiger partial charge in [-0.25, -0.2) is 14.2 Å². The van der Waals surface area contributed by atoms with E-state index >= 15 is 0 Å². The number of piperazine rings is 1. The van der Waals surface area contributed by atoms with Crippen LogP contribution >= 0.6 is 0 Å². The molecule has 7 nitrogen and oxygen atoms in total. The number of rotatable bonds is 4. The molecule has 1 saturated heterocycles. The van der Waals surface area contributed by atoms with Crippen LogP contribution < -0.4 is 10.2 Å². The standard InChI is InChI=1S/C13H17FN4O3/c14-10-2-1-4-15-12(10)17-6-8-18(9-7-17)13(21)16-5-3-11(19)20/h1-2,4H,3,5-9H2,(H,16,21)(H,19,20). The van der Waals surface area contributed by atoms with Gasteiger partial charge in [0.1, 0.15) is 0 Å². The molecule has 0 aromatic carbocycles. The molecule has 8 heteroatoms. The number of amides is 2. The zero-order chi connectivity index (χ0) is 15.2. The van der Waals surface area contributed by atoms with Gasteiger partial charge in [-0.15, -0.1) is 0 Å². The van der Waals surface area contributed by atoms with Crippen LogP contribution in [0.5, 0.6) is 0 Å². The molecule has 1 aliphatic heterocycles. The Hall–Kier alpha value is -2.38. The van der Waals surface area contributed by atoms with Crippen LogP contribution in [0.2, 0.25) is 0 Å². The van der Waals surface area contributed by atoms with Crippen molar-refractivity contribution >= 4 is 17.8 Å². The number of aromatic nitrogens is 1. The lowest BCUT2D eigenvalue weighted by atomic mass is 10.3. The number of carboxylic acids is 1. The number of carbonyl (C=O) groups is 2. The monoisotopic (exact) mass is 296 g/mol. The molecule has 2 heterocycles. The highest BCUT2D eigenvalue weighted by atomic mass is 19.1. The van der Waals surface area contributed by atoms with Crippen molar-refractivity contribution in [3.63, 3.8) is 0 Å². The normalized spacial score (nSPS) is 14.9. The Morgan fingerprint density at radius 3 is 2.67 bits per heavy atom. The lowest BCUT2D eigenvalue weighted by Gasteiger charge is -2.35. The predicted octanol–water partition coefficient (Wildman–Crippen LogP) is 0.527. The number of urea groups is 1. The maximum atomic E-state index is 13.6. The number of nitrogens with one attached hydrogen (secondary N) is 1. The highest BCUT2D eigenvalue weighted by molar-refractivity contribution is 5.75. The Morgan fingerprint density at radius 1 is 1.33 bits per heavy atom. The number of pyridine rings is 1. The average molecular weight is 296 g/mol. The largest absolute Gasteiger partial charge is 0.481 e. The number of anilines is 1. The van der Waals surface area contributed by atoms with Crippen molar-refractivity contribution in [3.8, 4) is 0 Å². The van der Waals surface area contributed by atoms with Gasteiger partial charge >= 0.3 is 12.0 Å². The summed E-state index contributed by atoms with van der Waals surface area (Å²) >= 11 is 0. The summed E-state index contributed by atoms with van der Waals surface area (Å²) in [7, 11) is 0. The van der Waals surface area contributed by atoms with E-state index in [4.69, 9.17) is 5.11 Å². The average Bonchev–Trinajstić information content (AvgIpc) is 2.47. The van der Waals surface area contributed by atoms with Gasteiger partial charge in [0.25, 0.3) is 0 Å². The van der Waals surface area contributed by atoms with E-state index in [0.717, 1.165) is 0 Å². The van der Waals surface area contributed by atoms with E-state index in [9.17, 15) is 14.0 Å². The topological polar surface area (TPSA) is 85.8 Å². The number of aliphatic carboxylic acids is 1. The van der Waals surface area contributed by atoms with Crippen molar-refractivity contribution in [2.75, 3.05) is 37.6 Å². The predicted molar refractivity (Wildman–Crippen MR) is 73.6 cm³/mol. The summed E-state index contributed by atoms with van der Waals surface area (Å²) in [5.41, 5.74) is 0. The molecule has 2 amide bonds. The molecule has 1 fully saturated rings. The number of hydrogen-bond acceptors (Lipinski definition) is 4. The molecular weight excluding hydrogens is 279 g/mol. The van der Waals surface area contributed by atoms with Crippen LogP contribution in [0.1, 0.15) is 6.42 Å². The van der Waals surface area contributed by atoms with Gasteiger partial charge in [0.2, 0.25) is 0 Å². The number of carbonyl (C=O) groups excluding carboxylic acids is 1. The molecular formula is C13H17FN4O3. The van der Waals surface area contributed by atoms with Crippen LogP contribution in [-0.4, -0.2) is 59.7 Å². The fourth-order valence-corrected chi connectivity index (χ4v) is 2.12. The van der Waals surface area contributed by atoms with Crippen molar-refractivity contribution in [3.05, 3.63) is 24.1 Å². The SMILES string of the molecule is O=C(O)CCNC(=O)N1CCN(c2ncccc2F)CC1. The van der Waals surface area contributed by atoms with Crippen LogP contribution in [0.15, 0.2) is 18.3 Å². The summed E-state index contributed by atoms with van der Waals surface area (Å²) in [6.45, 7) is 1.95. The second-order valence-electron chi connectivity index (χ2n) is 4.66. The molecule has 1 aliphatic rings. The third-order valence-corrected chi connectivity index (χ3v) is 3.22. The third-order valence-electron chi connectivity index (χ3n) is 3.22. The molecule has 1 aromatic heterocycles. The van der Waals surface area contributed by atoms with E-state index in [0.29, 0.717) is 32.0 Å². The molecule has 0 spiro atoms. The summed E-state index contributed by atoms with van der Waals surface area (Å²) in [6.07, 6.45) is 1.42. The van der Waals surface area contributed by atoms with Crippen molar-refractivity contribution < 1.29 is 19.1 Å². The van der Waals surface area contributed by atoms with Crippen molar-refractivity contribution in [1.29, 1.82) is 0 Å². The van der Waals surface area contributed by atoms with E-state index in [1.165, 1.54) is 18.3 Å². The van der Waals surface area contributed by atoms with E-state index in [1.807, 2.05) is 0 Å². The third kappa shape index (κ3) is 4.04. The minimum absolute atomic E-state index is 0.100. The number of carboxylic acid groups (broad SMARTS) is 1. The smallest absolute Gasteiger partial charge is 0.317 e. The summed E-state index contributed by atoms with van der Waals surface area (Å²) in [4.78, 5) is 29.6. The summed E-state index contributed by atoms with van der Waals surface area (Å²) in [5, 5.41) is 11.1. The van der Waals surface area contributed by atoms with Gasteiger partial charge in [-0.3, -0.25) is 4.79 Å². The van der Waals surface area contributed by atoms with Gasteiger partial charge in [0.05, 0.1) is 6.42 Å². The maximum absolute atomic E-state index is 13.6. The minimum atomic E-state index is -0.953. The Labute approximate surface area is 121 Å². The van der Waals surface area contributed by atoms with Crippen molar-refractivity contribution in [1.82, 2.24) is 15.2 Å². The molecule has 114 valence electrons. The molecule has 21 heavy (non-hydrogen) atoms. The quantitative estimate of drug-likeness (QED) is 0.846. The zero-order valence-corrected chi connectivity index (χ0v) is 11.5. The Bertz CT molecular complexity index is 518. The van der Waals surface area contributed by atoms with E-state index in [2.05, 4.69) is 10.3 Å². The summed E-state index contributed by atoms with van der Waals surface area (Å²) in [6, 6.07) is 2.59. The number of hydrogen-bond donors (Lipinski definition) is 2. The van der Waals surface area contributed by atoms with Crippen LogP contribution in [-0.2, 0) is 4.79 Å². The first-order chi connectivity index (χ1) is 10.1. The van der Waals surface area contributed by atoms with E-state index in [1.54, 1.807) is 9.80 Å². The van der Waals surface area contributed by atoms with Crippen LogP contribution in [0.4, 0.5) is 15.0 Å². The molecule has 0 bridgehead atoms. The zero-order valence-electron chi connectivity index (χ0n) is 11.5. The fourth-order valence-electron chi connectivity index (χ4n) is 2.12. The minimum Gasteiger partial charge on any atom is -0.481 e. The molecule has 0 atom stereocenters. The second kappa shape index (κ2) is 6.87. The molecule has 0 unspecified atom stereocenters. The molecule has 2 rings (SSSR count). The van der Waals surface area contributed by atoms with Gasteiger partial charge in [0, 0.05) is 38.9 Å². The second-order valence-corrected chi connectivity index (χ2v) is 4.66. The Morgan fingerprint density at radius 2 is 2.05 bits per heavy atom. The summed E-state index contributed by atoms with van der Waals surface area (Å²) < 4.78 is 13.6. The molecule has 0 aliphatic carbocycles. The Kier molecular flexibility index (Phi) is 4.91. The molecule has 1 aromatic rings. The first kappa shape index (κ1) is 15.0. The lowest BCUT2D eigenvalue weighted by molar-refractivity contribution is -0.136. The van der Waals surface area contributed by atoms with Gasteiger partial charge in [0.15, 0.2) is 11.6 Å². The van der Waals surface area contributed by atoms with E-state index in [-0.39, 0.29) is 24.8 Å². The van der Waals surface area contributed by atoms with Crippen LogP contribution in [0.25, 0.3) is 0 Å². The Balaban J connectivity index is 1.82. The highest BCUT2D eigenvalue weighted by Gasteiger charge is 2.23. The molecule has 2 N–H and O–H groups in total. The number of nitrogens with zero attached hydrogens (tertiary/aromatic N) is 3. The first-order valence-corrected chi connectivity index (χ1v) is 6.68. The molecule has 0 saturated carbocycles. The van der Waals surface area contributed by atoms with Gasteiger partial charge in [-0.05, 0) is 12.1 Å². The number of halogens is 1. The van der Waals surface area contributed by atoms with Crippen LogP contribution in [0, 0.1) is 5.82 Å². The summed E-state index contributed by atoms with van der Waals surface area (Å²) in [5.74, 6) is -1.04. The molecule has 0 radical (unpaired) electrons. The van der Waals surface area contributed by atoms with Crippen molar-refractivity contribution in [2.45, 2.75) is 6.42 Å². The fraction of sp³-hybridized carbons (Fsp3) is 0.462. The van der Waals surface area contributed by atoms with Gasteiger partial charge in [-0.1, -0.05) is 0 Å². The highest BCUT2D eigenvalue weighted by Crippen LogP contribution is 2.16. The maximum Gasteiger partial charge on any atom is 0.317 e.